The molecule has 0 bridgehead atoms. The lowest BCUT2D eigenvalue weighted by molar-refractivity contribution is 0.579. The first-order valence-electron chi connectivity index (χ1n) is 11.3. The quantitative estimate of drug-likeness (QED) is 0.195. The van der Waals surface area contributed by atoms with Crippen LogP contribution >= 0.6 is 35.0 Å². The van der Waals surface area contributed by atoms with Crippen LogP contribution in [-0.2, 0) is 13.1 Å². The van der Waals surface area contributed by atoms with Crippen LogP contribution < -0.4 is 5.32 Å². The zero-order valence-corrected chi connectivity index (χ0v) is 21.5. The second kappa shape index (κ2) is 11.7. The van der Waals surface area contributed by atoms with Crippen molar-refractivity contribution in [2.75, 3.05) is 12.3 Å². The first-order valence-corrected chi connectivity index (χ1v) is 13.0. The fourth-order valence-electron chi connectivity index (χ4n) is 3.64. The van der Waals surface area contributed by atoms with E-state index in [0.717, 1.165) is 45.7 Å². The molecule has 3 aromatic carbocycles. The van der Waals surface area contributed by atoms with Crippen molar-refractivity contribution in [3.8, 4) is 16.9 Å². The molecule has 0 amide bonds. The van der Waals surface area contributed by atoms with Gasteiger partial charge in [-0.3, -0.25) is 0 Å². The van der Waals surface area contributed by atoms with Crippen molar-refractivity contribution in [1.82, 2.24) is 40.5 Å². The fourth-order valence-corrected chi connectivity index (χ4v) is 4.94. The monoisotopic (exact) mass is 536 g/mol. The van der Waals surface area contributed by atoms with E-state index in [-0.39, 0.29) is 0 Å². The predicted molar refractivity (Wildman–Crippen MR) is 143 cm³/mol. The zero-order chi connectivity index (χ0) is 24.7. The molecule has 1 N–H and O–H groups in total. The number of nitrogens with zero attached hydrogens (tertiary/aromatic N) is 7. The van der Waals surface area contributed by atoms with Gasteiger partial charge in [0, 0.05) is 40.0 Å². The van der Waals surface area contributed by atoms with Gasteiger partial charge in [0.25, 0.3) is 0 Å². The SMILES string of the molecule is Clc1cccc(Cl)c1Cn1nc(CNCCSc2nnnn2-c2ccccc2)c(-c2ccccc2)n1. The molecule has 0 spiro atoms. The highest BCUT2D eigenvalue weighted by Gasteiger charge is 2.15. The molecule has 36 heavy (non-hydrogen) atoms. The van der Waals surface area contributed by atoms with E-state index in [9.17, 15) is 0 Å². The van der Waals surface area contributed by atoms with E-state index in [1.165, 1.54) is 0 Å². The van der Waals surface area contributed by atoms with Crippen LogP contribution in [0.4, 0.5) is 0 Å². The van der Waals surface area contributed by atoms with Crippen LogP contribution in [0.25, 0.3) is 16.9 Å². The van der Waals surface area contributed by atoms with Crippen molar-refractivity contribution in [2.24, 2.45) is 0 Å². The van der Waals surface area contributed by atoms with Crippen LogP contribution in [0.5, 0.6) is 0 Å². The van der Waals surface area contributed by atoms with Gasteiger partial charge in [0.1, 0.15) is 11.4 Å². The smallest absolute Gasteiger partial charge is 0.214 e. The van der Waals surface area contributed by atoms with Gasteiger partial charge in [-0.25, -0.2) is 0 Å². The number of benzene rings is 3. The average Bonchev–Trinajstić information content (AvgIpc) is 3.54. The molecule has 2 heterocycles. The topological polar surface area (TPSA) is 86.3 Å². The Balaban J connectivity index is 1.25. The Morgan fingerprint density at radius 2 is 1.56 bits per heavy atom. The van der Waals surface area contributed by atoms with E-state index in [0.29, 0.717) is 23.1 Å². The number of hydrogen-bond acceptors (Lipinski definition) is 7. The predicted octanol–water partition coefficient (Wildman–Crippen LogP) is 5.16. The van der Waals surface area contributed by atoms with Crippen molar-refractivity contribution in [2.45, 2.75) is 18.2 Å². The molecular formula is C25H22Cl2N8S. The van der Waals surface area contributed by atoms with Gasteiger partial charge in [0.05, 0.1) is 12.2 Å². The van der Waals surface area contributed by atoms with Crippen LogP contribution in [0.15, 0.2) is 84.0 Å². The standard InChI is InChI=1S/C25H22Cl2N8S/c26-21-12-7-13-22(27)20(21)17-34-30-23(24(31-34)18-8-3-1-4-9-18)16-28-14-15-36-25-29-32-33-35(25)19-10-5-2-6-11-19/h1-13,28H,14-17H2. The number of tetrazole rings is 1. The van der Waals surface area contributed by atoms with Crippen molar-refractivity contribution in [1.29, 1.82) is 0 Å². The highest BCUT2D eigenvalue weighted by Crippen LogP contribution is 2.26. The first kappa shape index (κ1) is 24.5. The van der Waals surface area contributed by atoms with Crippen LogP contribution in [-0.4, -0.2) is 47.5 Å². The lowest BCUT2D eigenvalue weighted by atomic mass is 10.1. The number of rotatable bonds is 10. The molecular weight excluding hydrogens is 515 g/mol. The van der Waals surface area contributed by atoms with Gasteiger partial charge in [-0.05, 0) is 34.7 Å². The number of aromatic nitrogens is 7. The normalized spacial score (nSPS) is 11.2. The minimum atomic E-state index is 0.385. The second-order valence-electron chi connectivity index (χ2n) is 7.83. The number of nitrogens with one attached hydrogen (secondary N) is 1. The average molecular weight is 537 g/mol. The van der Waals surface area contributed by atoms with Gasteiger partial charge in [-0.15, -0.1) is 5.10 Å². The Kier molecular flexibility index (Phi) is 7.92. The summed E-state index contributed by atoms with van der Waals surface area (Å²) in [5.74, 6) is 0.789. The molecule has 0 saturated carbocycles. The first-order chi connectivity index (χ1) is 17.7. The molecule has 0 fully saturated rings. The largest absolute Gasteiger partial charge is 0.310 e. The third-order valence-corrected chi connectivity index (χ3v) is 7.01. The Hall–Kier alpha value is -3.24. The summed E-state index contributed by atoms with van der Waals surface area (Å²) in [6.45, 7) is 1.69. The van der Waals surface area contributed by atoms with Gasteiger partial charge >= 0.3 is 0 Å². The van der Waals surface area contributed by atoms with Gasteiger partial charge in [-0.1, -0.05) is 89.6 Å². The molecule has 0 aliphatic carbocycles. The third kappa shape index (κ3) is 5.76. The van der Waals surface area contributed by atoms with Crippen molar-refractivity contribution in [3.63, 3.8) is 0 Å². The molecule has 0 atom stereocenters. The maximum absolute atomic E-state index is 6.37. The molecule has 0 radical (unpaired) electrons. The summed E-state index contributed by atoms with van der Waals surface area (Å²) in [5.41, 5.74) is 4.40. The molecule has 0 aliphatic heterocycles. The van der Waals surface area contributed by atoms with E-state index in [1.54, 1.807) is 21.2 Å². The van der Waals surface area contributed by atoms with Crippen molar-refractivity contribution < 1.29 is 0 Å². The maximum Gasteiger partial charge on any atom is 0.214 e. The number of para-hydroxylation sites is 1. The highest BCUT2D eigenvalue weighted by atomic mass is 35.5. The molecule has 0 saturated heterocycles. The Morgan fingerprint density at radius 3 is 2.31 bits per heavy atom. The van der Waals surface area contributed by atoms with E-state index < -0.39 is 0 Å². The summed E-state index contributed by atoms with van der Waals surface area (Å²) in [5, 5.41) is 27.0. The Labute approximate surface area is 222 Å². The molecule has 5 aromatic rings. The number of halogens is 2. The van der Waals surface area contributed by atoms with Gasteiger partial charge in [-0.2, -0.15) is 19.7 Å². The molecule has 2 aromatic heterocycles. The van der Waals surface area contributed by atoms with Crippen LogP contribution in [0.1, 0.15) is 11.3 Å². The second-order valence-corrected chi connectivity index (χ2v) is 9.70. The minimum absolute atomic E-state index is 0.385. The highest BCUT2D eigenvalue weighted by molar-refractivity contribution is 7.99. The lowest BCUT2D eigenvalue weighted by Crippen LogP contribution is -2.18. The minimum Gasteiger partial charge on any atom is -0.310 e. The summed E-state index contributed by atoms with van der Waals surface area (Å²) in [6.07, 6.45) is 0. The third-order valence-electron chi connectivity index (χ3n) is 5.38. The van der Waals surface area contributed by atoms with Crippen LogP contribution in [0.2, 0.25) is 10.0 Å². The molecule has 182 valence electrons. The molecule has 8 nitrogen and oxygen atoms in total. The van der Waals surface area contributed by atoms with Crippen molar-refractivity contribution in [3.05, 3.63) is 100 Å². The van der Waals surface area contributed by atoms with Crippen molar-refractivity contribution >= 4 is 35.0 Å². The maximum atomic E-state index is 6.37. The summed E-state index contributed by atoms with van der Waals surface area (Å²) >= 11 is 14.3. The summed E-state index contributed by atoms with van der Waals surface area (Å²) in [4.78, 5) is 1.65. The summed E-state index contributed by atoms with van der Waals surface area (Å²) < 4.78 is 1.74. The Morgan fingerprint density at radius 1 is 0.833 bits per heavy atom. The van der Waals surface area contributed by atoms with Gasteiger partial charge < -0.3 is 5.32 Å². The zero-order valence-electron chi connectivity index (χ0n) is 19.1. The summed E-state index contributed by atoms with van der Waals surface area (Å²) in [7, 11) is 0. The van der Waals surface area contributed by atoms with E-state index in [2.05, 4.69) is 20.8 Å². The van der Waals surface area contributed by atoms with Gasteiger partial charge in [0.2, 0.25) is 5.16 Å². The van der Waals surface area contributed by atoms with Crippen LogP contribution in [0, 0.1) is 0 Å². The molecule has 0 aliphatic rings. The molecule has 0 unspecified atom stereocenters. The Bertz CT molecular complexity index is 1400. The van der Waals surface area contributed by atoms with E-state index >= 15 is 0 Å². The number of hydrogen-bond donors (Lipinski definition) is 1. The number of thioether (sulfide) groups is 1. The molecule has 11 heteroatoms. The fraction of sp³-hybridized carbons (Fsp3) is 0.160. The van der Waals surface area contributed by atoms with Crippen LogP contribution in [0.3, 0.4) is 0 Å². The van der Waals surface area contributed by atoms with E-state index in [1.807, 2.05) is 78.9 Å². The lowest BCUT2D eigenvalue weighted by Gasteiger charge is -2.06. The summed E-state index contributed by atoms with van der Waals surface area (Å²) in [6, 6.07) is 25.3. The van der Waals surface area contributed by atoms with Gasteiger partial charge in [0.15, 0.2) is 0 Å². The molecule has 5 rings (SSSR count). The van der Waals surface area contributed by atoms with E-state index in [4.69, 9.17) is 33.4 Å².